The lowest BCUT2D eigenvalue weighted by Gasteiger charge is -2.04. The Morgan fingerprint density at radius 3 is 2.29 bits per heavy atom. The predicted molar refractivity (Wildman–Crippen MR) is 60.4 cm³/mol. The number of rotatable bonds is 9. The summed E-state index contributed by atoms with van der Waals surface area (Å²) in [5.41, 5.74) is 0. The summed E-state index contributed by atoms with van der Waals surface area (Å²) >= 11 is 0. The predicted octanol–water partition coefficient (Wildman–Crippen LogP) is 0.701. The van der Waals surface area contributed by atoms with Crippen molar-refractivity contribution in [1.29, 1.82) is 0 Å². The van der Waals surface area contributed by atoms with Crippen molar-refractivity contribution in [2.45, 2.75) is 38.5 Å². The zero-order chi connectivity index (χ0) is 13.1. The molecule has 0 atom stereocenters. The van der Waals surface area contributed by atoms with Crippen LogP contribution >= 0.6 is 0 Å². The van der Waals surface area contributed by atoms with Gasteiger partial charge in [-0.25, -0.2) is 0 Å². The number of carboxylic acids is 1. The van der Waals surface area contributed by atoms with Crippen LogP contribution in [0, 0.1) is 0 Å². The van der Waals surface area contributed by atoms with Gasteiger partial charge >= 0.3 is 11.9 Å². The molecular formula is C11H19NO5. The summed E-state index contributed by atoms with van der Waals surface area (Å²) in [7, 11) is 1.32. The molecule has 0 bridgehead atoms. The number of aliphatic carboxylic acids is 1. The number of ether oxygens (including phenoxy) is 1. The number of methoxy groups -OCH3 is 1. The number of carboxylic acid groups (broad SMARTS) is 1. The molecule has 0 rings (SSSR count). The highest BCUT2D eigenvalue weighted by Crippen LogP contribution is 1.99. The van der Waals surface area contributed by atoms with Crippen LogP contribution in [0.3, 0.4) is 0 Å². The van der Waals surface area contributed by atoms with Gasteiger partial charge in [0.25, 0.3) is 0 Å². The first-order valence-corrected chi connectivity index (χ1v) is 5.61. The minimum Gasteiger partial charge on any atom is -0.481 e. The molecule has 0 aromatic rings. The second-order valence-corrected chi connectivity index (χ2v) is 3.63. The molecule has 0 aliphatic heterocycles. The quantitative estimate of drug-likeness (QED) is 0.461. The van der Waals surface area contributed by atoms with E-state index in [1.54, 1.807) is 0 Å². The molecule has 0 aromatic carbocycles. The zero-order valence-electron chi connectivity index (χ0n) is 10.0. The Bertz CT molecular complexity index is 265. The second kappa shape index (κ2) is 9.62. The number of esters is 1. The molecule has 0 spiro atoms. The lowest BCUT2D eigenvalue weighted by Crippen LogP contribution is -2.24. The largest absolute Gasteiger partial charge is 0.481 e. The third-order valence-corrected chi connectivity index (χ3v) is 2.15. The molecule has 6 nitrogen and oxygen atoms in total. The van der Waals surface area contributed by atoms with Crippen molar-refractivity contribution in [3.8, 4) is 0 Å². The van der Waals surface area contributed by atoms with Crippen LogP contribution in [0.5, 0.6) is 0 Å². The summed E-state index contributed by atoms with van der Waals surface area (Å²) in [6, 6.07) is 0. The highest BCUT2D eigenvalue weighted by molar-refractivity contribution is 5.76. The Labute approximate surface area is 100 Å². The fourth-order valence-electron chi connectivity index (χ4n) is 1.21. The fraction of sp³-hybridized carbons (Fsp3) is 0.727. The number of carbonyl (C=O) groups excluding carboxylic acids is 2. The number of carbonyl (C=O) groups is 3. The van der Waals surface area contributed by atoms with E-state index in [1.807, 2.05) is 0 Å². The van der Waals surface area contributed by atoms with Crippen LogP contribution in [0.25, 0.3) is 0 Å². The number of hydrogen-bond donors (Lipinski definition) is 2. The van der Waals surface area contributed by atoms with Crippen molar-refractivity contribution in [2.24, 2.45) is 0 Å². The average molecular weight is 245 g/mol. The van der Waals surface area contributed by atoms with Crippen LogP contribution in [0.4, 0.5) is 0 Å². The molecule has 1 amide bonds. The number of hydrogen-bond acceptors (Lipinski definition) is 4. The Morgan fingerprint density at radius 1 is 1.06 bits per heavy atom. The van der Waals surface area contributed by atoms with Crippen molar-refractivity contribution in [1.82, 2.24) is 5.32 Å². The SMILES string of the molecule is COC(=O)CCCNC(=O)CCCCC(=O)O. The minimum absolute atomic E-state index is 0.0929. The number of amides is 1. The number of nitrogens with one attached hydrogen (secondary N) is 1. The molecule has 0 aromatic heterocycles. The molecule has 0 saturated carbocycles. The van der Waals surface area contributed by atoms with Crippen molar-refractivity contribution >= 4 is 17.8 Å². The molecule has 6 heteroatoms. The highest BCUT2D eigenvalue weighted by atomic mass is 16.5. The molecule has 0 radical (unpaired) electrons. The van der Waals surface area contributed by atoms with E-state index in [0.29, 0.717) is 32.2 Å². The minimum atomic E-state index is -0.844. The second-order valence-electron chi connectivity index (χ2n) is 3.63. The van der Waals surface area contributed by atoms with Gasteiger partial charge in [-0.1, -0.05) is 0 Å². The van der Waals surface area contributed by atoms with Crippen LogP contribution in [-0.2, 0) is 19.1 Å². The van der Waals surface area contributed by atoms with Gasteiger partial charge in [0.2, 0.25) is 5.91 Å². The standard InChI is InChI=1S/C11H19NO5/c1-17-11(16)7-4-8-12-9(13)5-2-3-6-10(14)15/h2-8H2,1H3,(H,12,13)(H,14,15). The van der Waals surface area contributed by atoms with E-state index in [4.69, 9.17) is 5.11 Å². The van der Waals surface area contributed by atoms with Gasteiger partial charge in [0.15, 0.2) is 0 Å². The van der Waals surface area contributed by atoms with Crippen LogP contribution in [0.2, 0.25) is 0 Å². The van der Waals surface area contributed by atoms with Gasteiger partial charge in [-0.2, -0.15) is 0 Å². The Hall–Kier alpha value is -1.59. The molecule has 0 heterocycles. The number of unbranched alkanes of at least 4 members (excludes halogenated alkanes) is 1. The summed E-state index contributed by atoms with van der Waals surface area (Å²) in [5, 5.41) is 11.0. The van der Waals surface area contributed by atoms with Crippen molar-refractivity contribution in [3.05, 3.63) is 0 Å². The van der Waals surface area contributed by atoms with Crippen LogP contribution in [-0.4, -0.2) is 36.6 Å². The summed E-state index contributed by atoms with van der Waals surface area (Å²) in [6.45, 7) is 0.437. The van der Waals surface area contributed by atoms with E-state index >= 15 is 0 Å². The molecule has 0 unspecified atom stereocenters. The molecule has 0 aliphatic rings. The van der Waals surface area contributed by atoms with Gasteiger partial charge in [-0.05, 0) is 19.3 Å². The van der Waals surface area contributed by atoms with Crippen molar-refractivity contribution < 1.29 is 24.2 Å². The van der Waals surface area contributed by atoms with Gasteiger partial charge in [0, 0.05) is 25.8 Å². The maximum Gasteiger partial charge on any atom is 0.305 e. The van der Waals surface area contributed by atoms with Crippen LogP contribution in [0.1, 0.15) is 38.5 Å². The summed E-state index contributed by atoms with van der Waals surface area (Å²) in [6.07, 6.45) is 2.32. The van der Waals surface area contributed by atoms with E-state index in [9.17, 15) is 14.4 Å². The van der Waals surface area contributed by atoms with Crippen molar-refractivity contribution in [2.75, 3.05) is 13.7 Å². The maximum atomic E-state index is 11.2. The molecule has 0 aliphatic carbocycles. The third-order valence-electron chi connectivity index (χ3n) is 2.15. The third kappa shape index (κ3) is 10.7. The van der Waals surface area contributed by atoms with Gasteiger partial charge in [0.1, 0.15) is 0 Å². The zero-order valence-corrected chi connectivity index (χ0v) is 10.0. The molecule has 98 valence electrons. The molecule has 17 heavy (non-hydrogen) atoms. The first kappa shape index (κ1) is 15.4. The van der Waals surface area contributed by atoms with Gasteiger partial charge in [-0.15, -0.1) is 0 Å². The Morgan fingerprint density at radius 2 is 1.71 bits per heavy atom. The highest BCUT2D eigenvalue weighted by Gasteiger charge is 2.03. The fourth-order valence-corrected chi connectivity index (χ4v) is 1.21. The molecule has 0 fully saturated rings. The maximum absolute atomic E-state index is 11.2. The summed E-state index contributed by atoms with van der Waals surface area (Å²) in [5.74, 6) is -1.25. The van der Waals surface area contributed by atoms with Crippen LogP contribution in [0.15, 0.2) is 0 Å². The summed E-state index contributed by atoms with van der Waals surface area (Å²) < 4.78 is 4.45. The molecule has 0 saturated heterocycles. The first-order valence-electron chi connectivity index (χ1n) is 5.61. The van der Waals surface area contributed by atoms with Gasteiger partial charge < -0.3 is 15.2 Å². The van der Waals surface area contributed by atoms with E-state index in [0.717, 1.165) is 0 Å². The monoisotopic (exact) mass is 245 g/mol. The van der Waals surface area contributed by atoms with Crippen molar-refractivity contribution in [3.63, 3.8) is 0 Å². The van der Waals surface area contributed by atoms with Gasteiger partial charge in [-0.3, -0.25) is 14.4 Å². The first-order chi connectivity index (χ1) is 8.06. The topological polar surface area (TPSA) is 92.7 Å². The van der Waals surface area contributed by atoms with E-state index in [1.165, 1.54) is 7.11 Å². The van der Waals surface area contributed by atoms with E-state index in [2.05, 4.69) is 10.1 Å². The molecule has 2 N–H and O–H groups in total. The van der Waals surface area contributed by atoms with E-state index in [-0.39, 0.29) is 24.7 Å². The average Bonchev–Trinajstić information content (AvgIpc) is 2.29. The Kier molecular flexibility index (Phi) is 8.72. The molecular weight excluding hydrogens is 226 g/mol. The van der Waals surface area contributed by atoms with Crippen LogP contribution < -0.4 is 5.32 Å². The lowest BCUT2D eigenvalue weighted by atomic mass is 10.2. The van der Waals surface area contributed by atoms with Gasteiger partial charge in [0.05, 0.1) is 7.11 Å². The van der Waals surface area contributed by atoms with E-state index < -0.39 is 5.97 Å². The Balaban J connectivity index is 3.35. The summed E-state index contributed by atoms with van der Waals surface area (Å²) in [4.78, 5) is 32.2. The normalized spacial score (nSPS) is 9.71. The lowest BCUT2D eigenvalue weighted by molar-refractivity contribution is -0.141. The smallest absolute Gasteiger partial charge is 0.305 e.